The van der Waals surface area contributed by atoms with Gasteiger partial charge in [0.2, 0.25) is 100 Å². The van der Waals surface area contributed by atoms with Gasteiger partial charge in [-0.25, -0.2) is 0 Å². The van der Waals surface area contributed by atoms with Gasteiger partial charge in [-0.2, -0.15) is 75.8 Å². The highest BCUT2D eigenvalue weighted by molar-refractivity contribution is 7.81. The number of nitrogens with two attached hydrogens (primary N) is 6. The number of aromatic amines is 1. The van der Waals surface area contributed by atoms with Gasteiger partial charge in [0.1, 0.15) is 103 Å². The Bertz CT molecular complexity index is 5200. The lowest BCUT2D eigenvalue weighted by atomic mass is 9.98. The van der Waals surface area contributed by atoms with E-state index in [1.807, 2.05) is 24.3 Å². The second kappa shape index (κ2) is 69.0. The summed E-state index contributed by atoms with van der Waals surface area (Å²) >= 11 is 26.0. The van der Waals surface area contributed by atoms with Gasteiger partial charge >= 0.3 is 5.97 Å². The first kappa shape index (κ1) is 129. The number of phenols is 1. The molecule has 52 nitrogen and oxygen atoms in total. The van der Waals surface area contributed by atoms with Crippen molar-refractivity contribution < 1.29 is 96.5 Å². The second-order valence-corrected chi connectivity index (χ2v) is 37.5. The van der Waals surface area contributed by atoms with Crippen molar-refractivity contribution in [3.8, 4) is 5.75 Å². The van der Waals surface area contributed by atoms with E-state index in [0.29, 0.717) is 36.1 Å². The first-order chi connectivity index (χ1) is 71.2. The summed E-state index contributed by atoms with van der Waals surface area (Å²) in [5, 5.41) is 104. The zero-order chi connectivity index (χ0) is 112. The van der Waals surface area contributed by atoms with Crippen molar-refractivity contribution in [1.82, 2.24) is 117 Å². The monoisotopic (exact) mass is 2210 g/mol. The maximum Gasteiger partial charge on any atom is 0.322 e. The third-order valence-corrected chi connectivity index (χ3v) is 25.4. The molecule has 830 valence electrons. The largest absolute Gasteiger partial charge is 0.508 e. The summed E-state index contributed by atoms with van der Waals surface area (Å²) in [6.07, 6.45) is 2.25. The van der Waals surface area contributed by atoms with Gasteiger partial charge in [0.05, 0.1) is 12.6 Å². The molecule has 17 atom stereocenters. The average Bonchev–Trinajstić information content (AvgIpc) is 1.52. The van der Waals surface area contributed by atoms with Crippen molar-refractivity contribution >= 4 is 217 Å². The molecule has 0 aliphatic carbocycles. The molecule has 17 amide bonds. The molecule has 0 fully saturated rings. The number of amides is 17. The molecular weight excluding hydrogens is 2070 g/mol. The summed E-state index contributed by atoms with van der Waals surface area (Å²) in [5.74, 6) is -23.1. The van der Waals surface area contributed by atoms with E-state index in [1.54, 1.807) is 64.2 Å². The third kappa shape index (κ3) is 47.2. The summed E-state index contributed by atoms with van der Waals surface area (Å²) in [6.45, 7) is 5.10. The van der Waals surface area contributed by atoms with Crippen molar-refractivity contribution in [3.05, 3.63) is 102 Å². The quantitative estimate of drug-likeness (QED) is 0.00845. The van der Waals surface area contributed by atoms with E-state index in [2.05, 4.69) is 192 Å². The Kier molecular flexibility index (Phi) is 59.3. The van der Waals surface area contributed by atoms with Crippen LogP contribution in [0.5, 0.6) is 5.75 Å². The number of rotatable bonds is 70. The first-order valence-corrected chi connectivity index (χ1v) is 52.2. The number of fused-ring (bicyclic) bond motifs is 1. The highest BCUT2D eigenvalue weighted by Gasteiger charge is 2.40. The fourth-order valence-electron chi connectivity index (χ4n) is 14.7. The fraction of sp³-hybridized carbons (Fsp3) is 0.543. The predicted octanol–water partition coefficient (Wildman–Crippen LogP) is -7.72. The number of carboxylic acid groups (broad SMARTS) is 1. The highest BCUT2D eigenvalue weighted by atomic mass is 32.1. The molecule has 0 aliphatic heterocycles. The number of thiol groups is 6. The molecule has 40 N–H and O–H groups in total. The van der Waals surface area contributed by atoms with Crippen LogP contribution < -0.4 is 146 Å². The van der Waals surface area contributed by atoms with E-state index in [0.717, 1.165) is 10.9 Å². The lowest BCUT2D eigenvalue weighted by molar-refractivity contribution is -0.138. The predicted molar refractivity (Wildman–Crippen MR) is 581 cm³/mol. The number of aliphatic carboxylic acids is 1. The van der Waals surface area contributed by atoms with Gasteiger partial charge in [0, 0.05) is 97.1 Å². The van der Waals surface area contributed by atoms with Crippen LogP contribution in [0, 0.1) is 33.5 Å². The van der Waals surface area contributed by atoms with Crippen molar-refractivity contribution in [2.45, 2.75) is 221 Å². The number of phenolic OH excluding ortho intramolecular Hbond substituents is 1. The van der Waals surface area contributed by atoms with Crippen LogP contribution in [-0.2, 0) is 106 Å². The van der Waals surface area contributed by atoms with E-state index in [4.69, 9.17) is 56.0 Å². The van der Waals surface area contributed by atoms with Gasteiger partial charge < -0.3 is 161 Å². The average molecular weight is 2210 g/mol. The van der Waals surface area contributed by atoms with Crippen molar-refractivity contribution in [3.63, 3.8) is 0 Å². The van der Waals surface area contributed by atoms with E-state index in [9.17, 15) is 96.5 Å². The summed E-state index contributed by atoms with van der Waals surface area (Å²) in [5.41, 5.74) is 36.2. The number of hydrogen-bond donors (Lipinski definition) is 40. The Labute approximate surface area is 900 Å². The molecule has 0 unspecified atom stereocenters. The van der Waals surface area contributed by atoms with E-state index in [-0.39, 0.29) is 133 Å². The molecule has 4 aromatic rings. The minimum Gasteiger partial charge on any atom is -0.508 e. The van der Waals surface area contributed by atoms with Gasteiger partial charge in [-0.1, -0.05) is 101 Å². The molecule has 0 saturated carbocycles. The normalized spacial score (nSPS) is 14.4. The highest BCUT2D eigenvalue weighted by Crippen LogP contribution is 2.22. The molecule has 0 aliphatic rings. The Balaban J connectivity index is 1.54. The fourth-order valence-corrected chi connectivity index (χ4v) is 16.2. The molecule has 0 radical (unpaired) electrons. The number of para-hydroxylation sites is 1. The van der Waals surface area contributed by atoms with Crippen molar-refractivity contribution in [2.24, 2.45) is 46.2 Å². The number of aromatic hydroxyl groups is 1. The van der Waals surface area contributed by atoms with E-state index < -0.39 is 269 Å². The molecule has 150 heavy (non-hydrogen) atoms. The molecule has 4 rings (SSSR count). The smallest absolute Gasteiger partial charge is 0.322 e. The summed E-state index contributed by atoms with van der Waals surface area (Å²) in [7, 11) is 0. The summed E-state index contributed by atoms with van der Waals surface area (Å²) in [4.78, 5) is 257. The number of guanidine groups is 4. The molecule has 1 heterocycles. The number of carboxylic acids is 1. The number of nitrogens with one attached hydrogen (secondary N) is 26. The minimum atomic E-state index is -1.63. The van der Waals surface area contributed by atoms with Crippen LogP contribution in [-0.4, -0.2) is 322 Å². The number of H-pyrrole nitrogens is 1. The zero-order valence-electron chi connectivity index (χ0n) is 83.7. The molecule has 0 saturated heterocycles. The van der Waals surface area contributed by atoms with Gasteiger partial charge in [-0.15, -0.1) is 0 Å². The van der Waals surface area contributed by atoms with Crippen LogP contribution in [0.25, 0.3) is 10.9 Å². The molecule has 1 aromatic heterocycles. The lowest BCUT2D eigenvalue weighted by Crippen LogP contribution is -2.62. The summed E-state index contributed by atoms with van der Waals surface area (Å²) in [6, 6.07) is -2.27. The van der Waals surface area contributed by atoms with Crippen LogP contribution in [0.1, 0.15) is 121 Å². The molecular formula is C92H146N32O20S6. The van der Waals surface area contributed by atoms with Crippen LogP contribution >= 0.6 is 75.8 Å². The number of benzene rings is 3. The number of unbranched alkanes of at least 4 members (excludes halogenated alkanes) is 1. The zero-order valence-corrected chi connectivity index (χ0v) is 89.0. The Morgan fingerprint density at radius 1 is 0.340 bits per heavy atom. The second-order valence-electron chi connectivity index (χ2n) is 35.3. The standard InChI is InChI=1S/C92H146N32O20S6/c1-5-48(4)72(88(144)122-66(44-148)83(139)113-59(25-16-34-106-92(101)102)77(133)118-64(42-146)82(138)112-58(24-15-33-105-91(99)100)76(132)117-63(41-145)81(137)111-57(23-14-32-104-90(97)98)75(131)109-40-70(127)128)123-69(126)39-108-74(130)56(22-13-31-103-89(95)96)110-78(134)61(36-50-26-28-52(125)29-27-50)116-85(141)67(45-149)121-87(143)71(47(2)3)124-86(142)68(46-150)120-79(135)60(35-49-17-7-6-8-18-49)115-84(140)65(43-147)119-80(136)62(114-73(129)54(94)20-11-12-30-93)37-51-38-107-55-21-10-9-19-53(51)55/h6-10,17-19,21,26-29,38,47-48,54,56-68,71-72,107,125,145-150H,5,11-16,20,22-25,30-37,39-46,93-94H2,1-4H3,(H,108,130)(H,109,131)(H,110,134)(H,111,137)(H,112,138)(H,113,139)(H,114,129)(H,115,140)(H,116,141)(H,117,132)(H,118,133)(H,119,136)(H,120,135)(H,121,143)(H,122,144)(H,123,126)(H,124,142)(H,127,128)(H4,95,96,103)(H4,97,98,104)(H4,99,100,105)(H4,101,102,106)/t48-,54-,56-,57-,58-,59-,60-,61-,62-,63-,64-,65-,66-,67-,68-,71-,72-/m0/s1. The van der Waals surface area contributed by atoms with Gasteiger partial charge in [0.15, 0.2) is 23.8 Å². The van der Waals surface area contributed by atoms with Gasteiger partial charge in [0.25, 0.3) is 0 Å². The molecule has 58 heteroatoms. The Morgan fingerprint density at radius 2 is 0.653 bits per heavy atom. The van der Waals surface area contributed by atoms with Crippen molar-refractivity contribution in [2.75, 3.05) is 80.3 Å². The first-order valence-electron chi connectivity index (χ1n) is 48.4. The van der Waals surface area contributed by atoms with Crippen LogP contribution in [0.15, 0.2) is 85.1 Å². The number of hydrogen-bond acceptors (Lipinski definition) is 31. The maximum absolute atomic E-state index is 14.8. The Morgan fingerprint density at radius 3 is 1.02 bits per heavy atom. The number of carbonyl (C=O) groups is 18. The van der Waals surface area contributed by atoms with Gasteiger partial charge in [-0.05, 0) is 117 Å². The molecule has 0 spiro atoms. The summed E-state index contributed by atoms with van der Waals surface area (Å²) < 4.78 is 0. The maximum atomic E-state index is 14.8. The molecule has 3 aromatic carbocycles. The topological polar surface area (TPSA) is 868 Å². The third-order valence-electron chi connectivity index (χ3n) is 23.2. The SMILES string of the molecule is CC[C@H](C)[C@H](NC(=O)CNC(=O)[C@H](CCCNC(=N)N)NC(=O)[C@H](Cc1ccc(O)cc1)NC(=O)[C@H](CS)NC(=O)[C@@H](NC(=O)[C@H](CS)NC(=O)[C@H](Cc1ccccc1)NC(=O)[C@H](CS)NC(=O)[C@H](Cc1c[nH]c2ccccc12)NC(=O)[C@@H](N)CCCCN)C(C)C)C(=O)N[C@@H](CS)C(=O)N[C@@H](CCCNC(=N)N)C(=O)N[C@@H](CS)C(=O)N[C@@H](CCCNC(=N)N)C(=O)N[C@@H](CS)C(=O)N[C@@H](CCCNC(=N)N)C(=O)NCC(=O)O. The van der Waals surface area contributed by atoms with Gasteiger partial charge in [-0.3, -0.25) is 108 Å². The van der Waals surface area contributed by atoms with E-state index >= 15 is 0 Å². The van der Waals surface area contributed by atoms with Crippen LogP contribution in [0.4, 0.5) is 0 Å². The lowest BCUT2D eigenvalue weighted by Gasteiger charge is -2.29. The van der Waals surface area contributed by atoms with Crippen LogP contribution in [0.2, 0.25) is 0 Å². The Hall–Kier alpha value is -13.4. The molecule has 0 bridgehead atoms. The number of carbonyl (C=O) groups excluding carboxylic acids is 17. The van der Waals surface area contributed by atoms with Crippen LogP contribution in [0.3, 0.4) is 0 Å². The van der Waals surface area contributed by atoms with Crippen molar-refractivity contribution in [1.29, 1.82) is 21.6 Å². The van der Waals surface area contributed by atoms with E-state index in [1.165, 1.54) is 24.3 Å². The number of aromatic nitrogens is 1. The minimum absolute atomic E-state index is 0.00122.